The number of hydrogen-bond donors (Lipinski definition) is 3. The van der Waals surface area contributed by atoms with E-state index in [2.05, 4.69) is 31.0 Å². The predicted molar refractivity (Wildman–Crippen MR) is 128 cm³/mol. The monoisotopic (exact) mass is 490 g/mol. The zero-order valence-corrected chi connectivity index (χ0v) is 19.8. The molecule has 3 aromatic heterocycles. The van der Waals surface area contributed by atoms with Crippen LogP contribution >= 0.6 is 34.4 Å². The van der Waals surface area contributed by atoms with Crippen molar-refractivity contribution in [1.82, 2.24) is 15.2 Å². The number of fused-ring (bicyclic) bond motifs is 1. The third-order valence-electron chi connectivity index (χ3n) is 4.61. The van der Waals surface area contributed by atoms with Crippen LogP contribution in [-0.2, 0) is 22.4 Å². The van der Waals surface area contributed by atoms with Crippen molar-refractivity contribution in [2.24, 2.45) is 5.10 Å². The molecule has 9 nitrogen and oxygen atoms in total. The summed E-state index contributed by atoms with van der Waals surface area (Å²) in [4.78, 5) is 31.5. The first-order valence-corrected chi connectivity index (χ1v) is 12.8. The van der Waals surface area contributed by atoms with E-state index in [1.54, 1.807) is 24.5 Å². The number of ether oxygens (including phenoxy) is 1. The number of carbonyl (C=O) groups is 2. The highest BCUT2D eigenvalue weighted by molar-refractivity contribution is 7.99. The molecule has 1 aliphatic carbocycles. The summed E-state index contributed by atoms with van der Waals surface area (Å²) in [6, 6.07) is 3.90. The summed E-state index contributed by atoms with van der Waals surface area (Å²) in [5.41, 5.74) is 4.31. The number of hydrazone groups is 1. The van der Waals surface area contributed by atoms with Crippen LogP contribution in [0.1, 0.15) is 45.4 Å². The van der Waals surface area contributed by atoms with E-state index in [9.17, 15) is 9.59 Å². The lowest BCUT2D eigenvalue weighted by Crippen LogP contribution is -2.17. The van der Waals surface area contributed by atoms with Crippen LogP contribution in [0.5, 0.6) is 0 Å². The second-order valence-electron chi connectivity index (χ2n) is 6.82. The predicted octanol–water partition coefficient (Wildman–Crippen LogP) is 4.16. The molecular formula is C20H22N6O3S3. The Labute approximate surface area is 197 Å². The molecule has 3 N–H and O–H groups in total. The van der Waals surface area contributed by atoms with Gasteiger partial charge in [-0.1, -0.05) is 17.8 Å². The van der Waals surface area contributed by atoms with Crippen molar-refractivity contribution in [3.63, 3.8) is 0 Å². The number of hydrogen-bond acceptors (Lipinski definition) is 10. The fourth-order valence-corrected chi connectivity index (χ4v) is 5.73. The summed E-state index contributed by atoms with van der Waals surface area (Å²) >= 11 is 4.24. The van der Waals surface area contributed by atoms with Crippen molar-refractivity contribution >= 4 is 63.5 Å². The molecule has 3 aromatic rings. The maximum absolute atomic E-state index is 12.6. The van der Waals surface area contributed by atoms with Crippen molar-refractivity contribution < 1.29 is 14.3 Å². The fourth-order valence-electron chi connectivity index (χ4n) is 3.25. The van der Waals surface area contributed by atoms with Crippen LogP contribution < -0.4 is 10.7 Å². The van der Waals surface area contributed by atoms with Gasteiger partial charge in [-0.15, -0.1) is 27.8 Å². The first-order valence-electron chi connectivity index (χ1n) is 10.1. The highest BCUT2D eigenvalue weighted by Crippen LogP contribution is 2.38. The Morgan fingerprint density at radius 3 is 3.06 bits per heavy atom. The summed E-state index contributed by atoms with van der Waals surface area (Å²) in [6.45, 7) is 2.07. The molecule has 1 amide bonds. The smallest absolute Gasteiger partial charge is 0.341 e. The maximum atomic E-state index is 12.6. The highest BCUT2D eigenvalue weighted by atomic mass is 32.2. The van der Waals surface area contributed by atoms with Gasteiger partial charge in [0, 0.05) is 9.75 Å². The lowest BCUT2D eigenvalue weighted by molar-refractivity contribution is -0.113. The molecular weight excluding hydrogens is 468 g/mol. The molecule has 0 aliphatic heterocycles. The molecule has 0 aromatic carbocycles. The van der Waals surface area contributed by atoms with E-state index in [1.807, 2.05) is 17.5 Å². The van der Waals surface area contributed by atoms with Crippen LogP contribution in [0.2, 0.25) is 0 Å². The summed E-state index contributed by atoms with van der Waals surface area (Å²) in [6.07, 6.45) is 5.59. The van der Waals surface area contributed by atoms with Crippen LogP contribution in [0.4, 0.5) is 10.9 Å². The minimum Gasteiger partial charge on any atom is -0.462 e. The molecule has 0 unspecified atom stereocenters. The maximum Gasteiger partial charge on any atom is 0.341 e. The van der Waals surface area contributed by atoms with Crippen LogP contribution in [0.15, 0.2) is 27.8 Å². The number of esters is 1. The zero-order valence-electron chi connectivity index (χ0n) is 17.3. The van der Waals surface area contributed by atoms with Crippen molar-refractivity contribution in [3.05, 3.63) is 38.4 Å². The van der Waals surface area contributed by atoms with E-state index in [1.165, 1.54) is 23.1 Å². The van der Waals surface area contributed by atoms with Gasteiger partial charge in [0.1, 0.15) is 5.00 Å². The van der Waals surface area contributed by atoms with Gasteiger partial charge in [-0.2, -0.15) is 10.1 Å². The van der Waals surface area contributed by atoms with E-state index in [0.717, 1.165) is 41.0 Å². The van der Waals surface area contributed by atoms with Gasteiger partial charge in [-0.3, -0.25) is 4.79 Å². The van der Waals surface area contributed by atoms with Gasteiger partial charge >= 0.3 is 5.97 Å². The van der Waals surface area contributed by atoms with Gasteiger partial charge in [0.15, 0.2) is 0 Å². The standard InChI is InChI=1S/C20H22N6O3S3/c1-2-29-18(28)16-13-7-3-4-8-14(13)32-17(16)22-15(27)11-31-20-23-19(25-26-20)24-21-10-12-6-5-9-30-12/h5-6,9-10H,2-4,7-8,11H2,1H3,(H,22,27)(H2,23,24,25,26)/b21-10+. The molecule has 12 heteroatoms. The number of thiophene rings is 2. The van der Waals surface area contributed by atoms with E-state index in [0.29, 0.717) is 28.3 Å². The van der Waals surface area contributed by atoms with Crippen molar-refractivity contribution in [2.45, 2.75) is 37.8 Å². The molecule has 4 rings (SSSR count). The molecule has 0 spiro atoms. The molecule has 0 saturated carbocycles. The zero-order chi connectivity index (χ0) is 22.3. The number of rotatable bonds is 9. The summed E-state index contributed by atoms with van der Waals surface area (Å²) in [7, 11) is 0. The first kappa shape index (κ1) is 22.5. The Bertz CT molecular complexity index is 1110. The summed E-state index contributed by atoms with van der Waals surface area (Å²) < 4.78 is 5.23. The highest BCUT2D eigenvalue weighted by Gasteiger charge is 2.27. The molecule has 0 radical (unpaired) electrons. The lowest BCUT2D eigenvalue weighted by atomic mass is 9.95. The quantitative estimate of drug-likeness (QED) is 0.178. The molecule has 3 heterocycles. The van der Waals surface area contributed by atoms with Gasteiger partial charge in [0.2, 0.25) is 17.0 Å². The summed E-state index contributed by atoms with van der Waals surface area (Å²) in [5.74, 6) is -0.103. The molecule has 0 fully saturated rings. The number of amides is 1. The Balaban J connectivity index is 1.34. The third kappa shape index (κ3) is 5.56. The van der Waals surface area contributed by atoms with E-state index in [-0.39, 0.29) is 17.6 Å². The fraction of sp³-hybridized carbons (Fsp3) is 0.350. The van der Waals surface area contributed by atoms with Gasteiger partial charge < -0.3 is 10.1 Å². The molecule has 0 bridgehead atoms. The third-order valence-corrected chi connectivity index (χ3v) is 7.47. The normalized spacial score (nSPS) is 13.2. The minimum absolute atomic E-state index is 0.112. The van der Waals surface area contributed by atoms with Gasteiger partial charge in [0.25, 0.3) is 0 Å². The average molecular weight is 491 g/mol. The average Bonchev–Trinajstić information content (AvgIpc) is 3.52. The van der Waals surface area contributed by atoms with Crippen LogP contribution in [-0.4, -0.2) is 45.6 Å². The lowest BCUT2D eigenvalue weighted by Gasteiger charge is -2.12. The number of carbonyl (C=O) groups excluding carboxylic acids is 2. The van der Waals surface area contributed by atoms with E-state index < -0.39 is 0 Å². The Hall–Kier alpha value is -2.70. The second-order valence-corrected chi connectivity index (χ2v) is 9.85. The molecule has 0 atom stereocenters. The topological polar surface area (TPSA) is 121 Å². The van der Waals surface area contributed by atoms with Crippen LogP contribution in [0, 0.1) is 0 Å². The van der Waals surface area contributed by atoms with Crippen molar-refractivity contribution in [2.75, 3.05) is 23.1 Å². The number of aromatic nitrogens is 3. The SMILES string of the molecule is CCOC(=O)c1c(NC(=O)CSc2n[nH]c(N/N=C/c3cccs3)n2)sc2c1CCCC2. The number of aromatic amines is 1. The van der Waals surface area contributed by atoms with Crippen LogP contribution in [0.3, 0.4) is 0 Å². The van der Waals surface area contributed by atoms with E-state index >= 15 is 0 Å². The Kier molecular flexibility index (Phi) is 7.55. The number of H-pyrrole nitrogens is 1. The van der Waals surface area contributed by atoms with Gasteiger partial charge in [-0.25, -0.2) is 15.3 Å². The van der Waals surface area contributed by atoms with Gasteiger partial charge in [-0.05, 0) is 49.6 Å². The molecule has 168 valence electrons. The largest absolute Gasteiger partial charge is 0.462 e. The van der Waals surface area contributed by atoms with Crippen LogP contribution in [0.25, 0.3) is 0 Å². The number of aryl methyl sites for hydroxylation is 1. The summed E-state index contributed by atoms with van der Waals surface area (Å²) in [5, 5.41) is 16.8. The number of anilines is 2. The molecule has 32 heavy (non-hydrogen) atoms. The minimum atomic E-state index is -0.373. The number of thioether (sulfide) groups is 1. The second kappa shape index (κ2) is 10.7. The van der Waals surface area contributed by atoms with Gasteiger partial charge in [0.05, 0.1) is 24.1 Å². The number of nitrogens with one attached hydrogen (secondary N) is 3. The molecule has 1 aliphatic rings. The number of nitrogens with zero attached hydrogens (tertiary/aromatic N) is 3. The van der Waals surface area contributed by atoms with Crippen molar-refractivity contribution in [3.8, 4) is 0 Å². The Morgan fingerprint density at radius 2 is 2.25 bits per heavy atom. The Morgan fingerprint density at radius 1 is 1.38 bits per heavy atom. The van der Waals surface area contributed by atoms with Crippen molar-refractivity contribution in [1.29, 1.82) is 0 Å². The van der Waals surface area contributed by atoms with E-state index in [4.69, 9.17) is 4.74 Å². The molecule has 0 saturated heterocycles. The first-order chi connectivity index (χ1) is 15.6.